The van der Waals surface area contributed by atoms with Gasteiger partial charge in [-0.25, -0.2) is 9.55 Å². The Bertz CT molecular complexity index is 2680. The minimum atomic E-state index is 0.897. The first-order valence-electron chi connectivity index (χ1n) is 17.0. The van der Waals surface area contributed by atoms with E-state index in [-0.39, 0.29) is 0 Å². The summed E-state index contributed by atoms with van der Waals surface area (Å²) in [6.07, 6.45) is 4.09. The number of pyridine rings is 1. The SMILES string of the molecule is Cc1cccc(C)c1-c1ccnc(-n2c3ccccc3c3ccc(N(c4ccccc4)c4cccc(-n5[cH+]n(C)c6ccccc65)c4)cc32)c1. The first-order valence-corrected chi connectivity index (χ1v) is 17.0. The molecule has 240 valence electrons. The molecule has 0 saturated carbocycles. The van der Waals surface area contributed by atoms with Gasteiger partial charge in [0.25, 0.3) is 0 Å². The topological polar surface area (TPSA) is 30.9 Å². The number of aryl methyl sites for hydroxylation is 3. The van der Waals surface area contributed by atoms with Crippen LogP contribution in [-0.4, -0.2) is 18.7 Å². The number of rotatable bonds is 6. The highest BCUT2D eigenvalue weighted by Crippen LogP contribution is 2.40. The van der Waals surface area contributed by atoms with Crippen LogP contribution in [-0.2, 0) is 7.05 Å². The van der Waals surface area contributed by atoms with Crippen molar-refractivity contribution in [2.45, 2.75) is 13.8 Å². The fourth-order valence-electron chi connectivity index (χ4n) is 7.59. The third-order valence-corrected chi connectivity index (χ3v) is 9.85. The molecular weight excluding hydrogens is 611 g/mol. The second-order valence-electron chi connectivity index (χ2n) is 13.0. The van der Waals surface area contributed by atoms with Crippen molar-refractivity contribution in [3.8, 4) is 22.6 Å². The van der Waals surface area contributed by atoms with Crippen molar-refractivity contribution in [1.29, 1.82) is 0 Å². The van der Waals surface area contributed by atoms with Crippen molar-refractivity contribution in [1.82, 2.24) is 18.7 Å². The van der Waals surface area contributed by atoms with Crippen LogP contribution < -0.4 is 4.90 Å². The van der Waals surface area contributed by atoms with Gasteiger partial charge in [-0.1, -0.05) is 60.7 Å². The van der Waals surface area contributed by atoms with Gasteiger partial charge in [0.15, 0.2) is 17.4 Å². The van der Waals surface area contributed by atoms with Gasteiger partial charge in [0.2, 0.25) is 0 Å². The monoisotopic (exact) mass is 646 g/mol. The second kappa shape index (κ2) is 11.9. The normalized spacial score (nSPS) is 11.5. The van der Waals surface area contributed by atoms with E-state index in [0.29, 0.717) is 0 Å². The molecule has 0 aliphatic heterocycles. The maximum Gasteiger partial charge on any atom is 0.191 e. The zero-order valence-corrected chi connectivity index (χ0v) is 28.3. The molecule has 50 heavy (non-hydrogen) atoms. The van der Waals surface area contributed by atoms with E-state index < -0.39 is 0 Å². The number of anilines is 3. The Morgan fingerprint density at radius 3 is 2.02 bits per heavy atom. The average Bonchev–Trinajstić information content (AvgIpc) is 3.67. The van der Waals surface area contributed by atoms with E-state index in [4.69, 9.17) is 4.98 Å². The number of aromatic nitrogens is 4. The van der Waals surface area contributed by atoms with Crippen LogP contribution in [0.5, 0.6) is 0 Å². The molecule has 3 heterocycles. The molecular formula is C45H36N5+. The summed E-state index contributed by atoms with van der Waals surface area (Å²) in [5, 5.41) is 2.39. The number of imidazole rings is 1. The predicted molar refractivity (Wildman–Crippen MR) is 208 cm³/mol. The summed E-state index contributed by atoms with van der Waals surface area (Å²) < 4.78 is 6.75. The molecule has 0 fully saturated rings. The molecule has 3 aromatic heterocycles. The summed E-state index contributed by atoms with van der Waals surface area (Å²) in [5.41, 5.74) is 13.9. The zero-order valence-electron chi connectivity index (χ0n) is 28.3. The van der Waals surface area contributed by atoms with Crippen LogP contribution in [0.15, 0.2) is 164 Å². The van der Waals surface area contributed by atoms with Crippen molar-refractivity contribution in [2.24, 2.45) is 7.05 Å². The molecule has 5 heteroatoms. The first-order chi connectivity index (χ1) is 24.5. The minimum absolute atomic E-state index is 0.897. The van der Waals surface area contributed by atoms with E-state index >= 15 is 0 Å². The van der Waals surface area contributed by atoms with E-state index in [1.807, 2.05) is 6.20 Å². The molecule has 0 radical (unpaired) electrons. The zero-order chi connectivity index (χ0) is 33.8. The molecule has 0 unspecified atom stereocenters. The van der Waals surface area contributed by atoms with Crippen LogP contribution in [0.25, 0.3) is 55.5 Å². The number of benzene rings is 6. The maximum atomic E-state index is 4.97. The van der Waals surface area contributed by atoms with Gasteiger partial charge in [-0.15, -0.1) is 0 Å². The summed E-state index contributed by atoms with van der Waals surface area (Å²) in [6, 6.07) is 54.2. The molecule has 0 aliphatic rings. The summed E-state index contributed by atoms with van der Waals surface area (Å²) in [5.74, 6) is 0.897. The number of nitrogens with zero attached hydrogens (tertiary/aromatic N) is 5. The standard InChI is InChI=1S/C45H36N5/c1-31-13-11-14-32(2)45(31)33-25-26-46-44(27-33)50-40-20-8-7-19-38(40)39-24-23-37(29-43(39)50)49(34-15-5-4-6-16-34)36-18-12-17-35(28-36)48-30-47(3)41-21-9-10-22-42(41)48/h4-30H,1-3H3/q+1. The van der Waals surface area contributed by atoms with Gasteiger partial charge < -0.3 is 4.90 Å². The van der Waals surface area contributed by atoms with Crippen molar-refractivity contribution in [3.05, 3.63) is 175 Å². The van der Waals surface area contributed by atoms with Gasteiger partial charge in [-0.2, -0.15) is 4.57 Å². The van der Waals surface area contributed by atoms with Crippen molar-refractivity contribution >= 4 is 49.9 Å². The van der Waals surface area contributed by atoms with Gasteiger partial charge >= 0.3 is 0 Å². The fraction of sp³-hybridized carbons (Fsp3) is 0.0667. The molecule has 0 N–H and O–H groups in total. The molecule has 5 nitrogen and oxygen atoms in total. The van der Waals surface area contributed by atoms with Gasteiger partial charge in [0, 0.05) is 59.7 Å². The smallest absolute Gasteiger partial charge is 0.191 e. The van der Waals surface area contributed by atoms with E-state index in [1.165, 1.54) is 44.1 Å². The number of hydrogen-bond acceptors (Lipinski definition) is 2. The second-order valence-corrected chi connectivity index (χ2v) is 13.0. The Morgan fingerprint density at radius 1 is 0.540 bits per heavy atom. The molecule has 0 bridgehead atoms. The first kappa shape index (κ1) is 29.7. The molecule has 9 rings (SSSR count). The minimum Gasteiger partial charge on any atom is -0.309 e. The summed E-state index contributed by atoms with van der Waals surface area (Å²) in [6.45, 7) is 4.36. The number of para-hydroxylation sites is 4. The molecule has 0 amide bonds. The Balaban J connectivity index is 1.25. The maximum absolute atomic E-state index is 4.97. The Hall–Kier alpha value is -6.46. The quantitative estimate of drug-likeness (QED) is 0.168. The van der Waals surface area contributed by atoms with Crippen molar-refractivity contribution in [3.63, 3.8) is 0 Å². The highest BCUT2D eigenvalue weighted by atomic mass is 15.2. The lowest BCUT2D eigenvalue weighted by atomic mass is 9.96. The Morgan fingerprint density at radius 2 is 1.20 bits per heavy atom. The van der Waals surface area contributed by atoms with E-state index in [9.17, 15) is 0 Å². The molecule has 9 aromatic rings. The van der Waals surface area contributed by atoms with E-state index in [0.717, 1.165) is 39.6 Å². The van der Waals surface area contributed by atoms with E-state index in [2.05, 4.69) is 197 Å². The third kappa shape index (κ3) is 4.86. The Kier molecular flexibility index (Phi) is 7.06. The van der Waals surface area contributed by atoms with Crippen molar-refractivity contribution < 1.29 is 0 Å². The molecule has 0 aliphatic carbocycles. The van der Waals surface area contributed by atoms with E-state index in [1.54, 1.807) is 0 Å². The van der Waals surface area contributed by atoms with Gasteiger partial charge in [-0.05, 0) is 103 Å². The highest BCUT2D eigenvalue weighted by molar-refractivity contribution is 6.10. The van der Waals surface area contributed by atoms with Gasteiger partial charge in [0.1, 0.15) is 11.5 Å². The molecule has 0 spiro atoms. The fourth-order valence-corrected chi connectivity index (χ4v) is 7.59. The summed E-state index contributed by atoms with van der Waals surface area (Å²) in [4.78, 5) is 7.32. The average molecular weight is 647 g/mol. The molecule has 0 saturated heterocycles. The van der Waals surface area contributed by atoms with Gasteiger partial charge in [0.05, 0.1) is 16.7 Å². The lowest BCUT2D eigenvalue weighted by Gasteiger charge is -2.25. The van der Waals surface area contributed by atoms with Crippen LogP contribution >= 0.6 is 0 Å². The largest absolute Gasteiger partial charge is 0.309 e. The van der Waals surface area contributed by atoms with Crippen LogP contribution in [0.3, 0.4) is 0 Å². The summed E-state index contributed by atoms with van der Waals surface area (Å²) >= 11 is 0. The number of hydrogen-bond donors (Lipinski definition) is 0. The lowest BCUT2D eigenvalue weighted by molar-refractivity contribution is 0.911. The van der Waals surface area contributed by atoms with Crippen molar-refractivity contribution in [2.75, 3.05) is 4.90 Å². The molecule has 0 atom stereocenters. The highest BCUT2D eigenvalue weighted by Gasteiger charge is 2.21. The predicted octanol–water partition coefficient (Wildman–Crippen LogP) is 11.5. The van der Waals surface area contributed by atoms with Crippen LogP contribution in [0.1, 0.15) is 11.1 Å². The molecule has 6 aromatic carbocycles. The van der Waals surface area contributed by atoms with Crippen LogP contribution in [0, 0.1) is 13.8 Å². The number of fused-ring (bicyclic) bond motifs is 4. The van der Waals surface area contributed by atoms with Crippen LogP contribution in [0.4, 0.5) is 17.1 Å². The third-order valence-electron chi connectivity index (χ3n) is 9.85. The summed E-state index contributed by atoms with van der Waals surface area (Å²) in [7, 11) is 2.10. The van der Waals surface area contributed by atoms with Gasteiger partial charge in [-0.3, -0.25) is 4.57 Å². The lowest BCUT2D eigenvalue weighted by Crippen LogP contribution is -2.10. The van der Waals surface area contributed by atoms with Crippen LogP contribution in [0.2, 0.25) is 0 Å². The Labute approximate surface area is 291 Å².